The summed E-state index contributed by atoms with van der Waals surface area (Å²) in [5, 5.41) is 3.14. The number of rotatable bonds is 5. The lowest BCUT2D eigenvalue weighted by Gasteiger charge is -2.17. The van der Waals surface area contributed by atoms with E-state index in [-0.39, 0.29) is 6.04 Å². The number of thioether (sulfide) groups is 1. The highest BCUT2D eigenvalue weighted by Gasteiger charge is 2.13. The maximum absolute atomic E-state index is 13.3. The maximum atomic E-state index is 13.3. The summed E-state index contributed by atoms with van der Waals surface area (Å²) in [6, 6.07) is 12.2. The third-order valence-electron chi connectivity index (χ3n) is 3.19. The van der Waals surface area contributed by atoms with E-state index in [0.29, 0.717) is 0 Å². The summed E-state index contributed by atoms with van der Waals surface area (Å²) in [7, 11) is 1.82. The van der Waals surface area contributed by atoms with Crippen molar-refractivity contribution in [1.82, 2.24) is 5.32 Å². The zero-order valence-electron chi connectivity index (χ0n) is 11.5. The fourth-order valence-corrected chi connectivity index (χ4v) is 3.14. The SMILES string of the molecule is CNC(CSc1ccccc1C)c1ccc(F)c(F)c1. The van der Waals surface area contributed by atoms with Gasteiger partial charge >= 0.3 is 0 Å². The predicted octanol–water partition coefficient (Wildman–Crippen LogP) is 4.33. The van der Waals surface area contributed by atoms with E-state index in [4.69, 9.17) is 0 Å². The lowest BCUT2D eigenvalue weighted by Crippen LogP contribution is -2.19. The third kappa shape index (κ3) is 3.58. The monoisotopic (exact) mass is 293 g/mol. The second-order valence-electron chi connectivity index (χ2n) is 4.59. The molecule has 4 heteroatoms. The van der Waals surface area contributed by atoms with E-state index >= 15 is 0 Å². The largest absolute Gasteiger partial charge is 0.312 e. The topological polar surface area (TPSA) is 12.0 Å². The van der Waals surface area contributed by atoms with Crippen LogP contribution in [0.5, 0.6) is 0 Å². The van der Waals surface area contributed by atoms with Gasteiger partial charge in [-0.1, -0.05) is 24.3 Å². The van der Waals surface area contributed by atoms with Crippen molar-refractivity contribution >= 4 is 11.8 Å². The molecule has 0 fully saturated rings. The summed E-state index contributed by atoms with van der Waals surface area (Å²) in [6.07, 6.45) is 0. The summed E-state index contributed by atoms with van der Waals surface area (Å²) in [6.45, 7) is 2.06. The minimum atomic E-state index is -0.810. The molecule has 0 saturated heterocycles. The first-order valence-corrected chi connectivity index (χ1v) is 7.41. The highest BCUT2D eigenvalue weighted by Crippen LogP contribution is 2.27. The zero-order valence-corrected chi connectivity index (χ0v) is 12.3. The molecule has 1 unspecified atom stereocenters. The molecule has 0 spiro atoms. The molecule has 0 aromatic heterocycles. The molecule has 0 radical (unpaired) electrons. The number of hydrogen-bond donors (Lipinski definition) is 1. The Bertz CT molecular complexity index is 586. The van der Waals surface area contributed by atoms with Crippen molar-refractivity contribution in [3.8, 4) is 0 Å². The number of nitrogens with one attached hydrogen (secondary N) is 1. The molecule has 0 amide bonds. The van der Waals surface area contributed by atoms with Crippen LogP contribution in [0.25, 0.3) is 0 Å². The Balaban J connectivity index is 2.09. The molecule has 1 nitrogen and oxygen atoms in total. The number of halogens is 2. The first kappa shape index (κ1) is 15.0. The van der Waals surface area contributed by atoms with Gasteiger partial charge in [0.05, 0.1) is 0 Å². The van der Waals surface area contributed by atoms with Gasteiger partial charge in [0.2, 0.25) is 0 Å². The van der Waals surface area contributed by atoms with Crippen molar-refractivity contribution in [2.75, 3.05) is 12.8 Å². The molecule has 2 aromatic carbocycles. The van der Waals surface area contributed by atoms with E-state index in [0.717, 1.165) is 11.3 Å². The normalized spacial score (nSPS) is 12.4. The number of aryl methyl sites for hydroxylation is 1. The average molecular weight is 293 g/mol. The summed E-state index contributed by atoms with van der Waals surface area (Å²) < 4.78 is 26.3. The first-order chi connectivity index (χ1) is 9.61. The maximum Gasteiger partial charge on any atom is 0.159 e. The van der Waals surface area contributed by atoms with Crippen LogP contribution in [0, 0.1) is 18.6 Å². The van der Waals surface area contributed by atoms with E-state index < -0.39 is 11.6 Å². The summed E-state index contributed by atoms with van der Waals surface area (Å²) >= 11 is 1.71. The van der Waals surface area contributed by atoms with Crippen LogP contribution in [0.2, 0.25) is 0 Å². The van der Waals surface area contributed by atoms with Gasteiger partial charge < -0.3 is 5.32 Å². The van der Waals surface area contributed by atoms with Crippen molar-refractivity contribution in [1.29, 1.82) is 0 Å². The quantitative estimate of drug-likeness (QED) is 0.824. The van der Waals surface area contributed by atoms with Crippen molar-refractivity contribution < 1.29 is 8.78 Å². The Labute approximate surface area is 122 Å². The molecule has 0 saturated carbocycles. The number of hydrogen-bond acceptors (Lipinski definition) is 2. The Hall–Kier alpha value is -1.39. The second-order valence-corrected chi connectivity index (χ2v) is 5.65. The lowest BCUT2D eigenvalue weighted by atomic mass is 10.1. The van der Waals surface area contributed by atoms with Crippen molar-refractivity contribution in [2.45, 2.75) is 17.9 Å². The summed E-state index contributed by atoms with van der Waals surface area (Å²) in [5.74, 6) is -0.856. The van der Waals surface area contributed by atoms with Crippen molar-refractivity contribution in [2.24, 2.45) is 0 Å². The molecule has 0 bridgehead atoms. The van der Waals surface area contributed by atoms with Crippen LogP contribution in [-0.4, -0.2) is 12.8 Å². The summed E-state index contributed by atoms with van der Waals surface area (Å²) in [5.41, 5.74) is 1.98. The third-order valence-corrected chi connectivity index (χ3v) is 4.46. The van der Waals surface area contributed by atoms with Gasteiger partial charge in [-0.15, -0.1) is 11.8 Å². The molecule has 2 rings (SSSR count). The highest BCUT2D eigenvalue weighted by molar-refractivity contribution is 7.99. The molecule has 0 aliphatic heterocycles. The van der Waals surface area contributed by atoms with Gasteiger partial charge in [0, 0.05) is 16.7 Å². The Morgan fingerprint density at radius 3 is 2.50 bits per heavy atom. The Morgan fingerprint density at radius 2 is 1.85 bits per heavy atom. The molecule has 106 valence electrons. The minimum absolute atomic E-state index is 0.0188. The molecular weight excluding hydrogens is 276 g/mol. The highest BCUT2D eigenvalue weighted by atomic mass is 32.2. The van der Waals surface area contributed by atoms with Gasteiger partial charge in [-0.3, -0.25) is 0 Å². The van der Waals surface area contributed by atoms with Crippen LogP contribution >= 0.6 is 11.8 Å². The molecule has 20 heavy (non-hydrogen) atoms. The van der Waals surface area contributed by atoms with Crippen molar-refractivity contribution in [3.63, 3.8) is 0 Å². The van der Waals surface area contributed by atoms with Gasteiger partial charge in [0.1, 0.15) is 0 Å². The van der Waals surface area contributed by atoms with Gasteiger partial charge in [0.15, 0.2) is 11.6 Å². The lowest BCUT2D eigenvalue weighted by molar-refractivity contribution is 0.504. The smallest absolute Gasteiger partial charge is 0.159 e. The second kappa shape index (κ2) is 6.86. The average Bonchev–Trinajstić information content (AvgIpc) is 2.45. The fourth-order valence-electron chi connectivity index (χ4n) is 1.97. The van der Waals surface area contributed by atoms with Crippen LogP contribution in [0.15, 0.2) is 47.4 Å². The van der Waals surface area contributed by atoms with Gasteiger partial charge in [-0.25, -0.2) is 8.78 Å². The van der Waals surface area contributed by atoms with Gasteiger partial charge in [-0.05, 0) is 43.3 Å². The molecule has 1 N–H and O–H groups in total. The van der Waals surface area contributed by atoms with E-state index in [1.807, 2.05) is 19.2 Å². The Morgan fingerprint density at radius 1 is 1.10 bits per heavy atom. The van der Waals surface area contributed by atoms with E-state index in [1.165, 1.54) is 22.6 Å². The molecule has 0 heterocycles. The molecule has 1 atom stereocenters. The predicted molar refractivity (Wildman–Crippen MR) is 80.1 cm³/mol. The van der Waals surface area contributed by atoms with Crippen LogP contribution in [0.1, 0.15) is 17.2 Å². The number of benzene rings is 2. The van der Waals surface area contributed by atoms with Crippen LogP contribution in [-0.2, 0) is 0 Å². The van der Waals surface area contributed by atoms with Gasteiger partial charge in [0.25, 0.3) is 0 Å². The van der Waals surface area contributed by atoms with E-state index in [2.05, 4.69) is 24.4 Å². The standard InChI is InChI=1S/C16H17F2NS/c1-11-5-3-4-6-16(11)20-10-15(19-2)12-7-8-13(17)14(18)9-12/h3-9,15,19H,10H2,1-2H3. The molecule has 0 aliphatic rings. The Kier molecular flexibility index (Phi) is 5.15. The molecule has 0 aliphatic carbocycles. The van der Waals surface area contributed by atoms with Crippen LogP contribution in [0.3, 0.4) is 0 Å². The fraction of sp³-hybridized carbons (Fsp3) is 0.250. The van der Waals surface area contributed by atoms with E-state index in [1.54, 1.807) is 17.8 Å². The minimum Gasteiger partial charge on any atom is -0.312 e. The van der Waals surface area contributed by atoms with Crippen LogP contribution in [0.4, 0.5) is 8.78 Å². The molecular formula is C16H17F2NS. The van der Waals surface area contributed by atoms with E-state index in [9.17, 15) is 8.78 Å². The van der Waals surface area contributed by atoms with Crippen molar-refractivity contribution in [3.05, 3.63) is 65.2 Å². The first-order valence-electron chi connectivity index (χ1n) is 6.42. The molecule has 2 aromatic rings. The zero-order chi connectivity index (χ0) is 14.5. The van der Waals surface area contributed by atoms with Crippen LogP contribution < -0.4 is 5.32 Å². The summed E-state index contributed by atoms with van der Waals surface area (Å²) in [4.78, 5) is 1.20. The van der Waals surface area contributed by atoms with Gasteiger partial charge in [-0.2, -0.15) is 0 Å².